The van der Waals surface area contributed by atoms with E-state index in [0.29, 0.717) is 23.6 Å². The van der Waals surface area contributed by atoms with E-state index < -0.39 is 6.09 Å². The van der Waals surface area contributed by atoms with E-state index in [9.17, 15) is 9.59 Å². The summed E-state index contributed by atoms with van der Waals surface area (Å²) < 4.78 is 6.07. The van der Waals surface area contributed by atoms with E-state index in [1.165, 1.54) is 4.90 Å². The van der Waals surface area contributed by atoms with Gasteiger partial charge in [-0.2, -0.15) is 0 Å². The van der Waals surface area contributed by atoms with Crippen LogP contribution in [0.15, 0.2) is 36.5 Å². The van der Waals surface area contributed by atoms with Gasteiger partial charge in [0.2, 0.25) is 5.78 Å². The van der Waals surface area contributed by atoms with Gasteiger partial charge in [0.25, 0.3) is 0 Å². The Morgan fingerprint density at radius 2 is 1.89 bits per heavy atom. The van der Waals surface area contributed by atoms with Gasteiger partial charge in [-0.3, -0.25) is 14.7 Å². The van der Waals surface area contributed by atoms with Crippen LogP contribution < -0.4 is 4.74 Å². The fourth-order valence-corrected chi connectivity index (χ4v) is 3.70. The van der Waals surface area contributed by atoms with Gasteiger partial charge in [-0.15, -0.1) is 0 Å². The molecule has 1 aromatic carbocycles. The normalized spacial score (nSPS) is 17.4. The number of pyridine rings is 1. The highest BCUT2D eigenvalue weighted by Crippen LogP contribution is 2.25. The lowest BCUT2D eigenvalue weighted by Crippen LogP contribution is -2.35. The smallest absolute Gasteiger partial charge is 0.407 e. The molecule has 1 amide bonds. The molecule has 0 spiro atoms. The van der Waals surface area contributed by atoms with E-state index in [1.54, 1.807) is 24.4 Å². The molecule has 0 radical (unpaired) electrons. The number of nitrogens with zero attached hydrogens (tertiary/aromatic N) is 3. The van der Waals surface area contributed by atoms with Crippen LogP contribution in [0, 0.1) is 0 Å². The minimum absolute atomic E-state index is 0.168. The molecule has 2 aliphatic rings. The molecule has 2 aromatic rings. The van der Waals surface area contributed by atoms with Gasteiger partial charge in [-0.25, -0.2) is 4.79 Å². The minimum atomic E-state index is -0.970. The second-order valence-electron chi connectivity index (χ2n) is 7.45. The lowest BCUT2D eigenvalue weighted by molar-refractivity contribution is 0.102. The van der Waals surface area contributed by atoms with Crippen LogP contribution >= 0.6 is 0 Å². The highest BCUT2D eigenvalue weighted by atomic mass is 16.5. The van der Waals surface area contributed by atoms with Crippen molar-refractivity contribution < 1.29 is 19.4 Å². The summed E-state index contributed by atoms with van der Waals surface area (Å²) >= 11 is 0. The Morgan fingerprint density at radius 3 is 2.64 bits per heavy atom. The average Bonchev–Trinajstić information content (AvgIpc) is 3.13. The third-order valence-corrected chi connectivity index (χ3v) is 5.37. The fraction of sp³-hybridized carbons (Fsp3) is 0.381. The first-order valence-electron chi connectivity index (χ1n) is 9.45. The van der Waals surface area contributed by atoms with E-state index in [-0.39, 0.29) is 18.4 Å². The third kappa shape index (κ3) is 3.84. The minimum Gasteiger partial charge on any atom is -0.490 e. The van der Waals surface area contributed by atoms with Gasteiger partial charge >= 0.3 is 6.09 Å². The maximum atomic E-state index is 12.9. The maximum absolute atomic E-state index is 12.9. The largest absolute Gasteiger partial charge is 0.490 e. The van der Waals surface area contributed by atoms with Gasteiger partial charge in [0.05, 0.1) is 6.54 Å². The van der Waals surface area contributed by atoms with Crippen LogP contribution in [0.3, 0.4) is 0 Å². The summed E-state index contributed by atoms with van der Waals surface area (Å²) in [5.74, 6) is 0.504. The summed E-state index contributed by atoms with van der Waals surface area (Å²) in [5.41, 5.74) is 2.52. The number of hydrogen-bond acceptors (Lipinski definition) is 5. The number of hydrogen-bond donors (Lipinski definition) is 1. The molecule has 3 heterocycles. The number of carboxylic acid groups (broad SMARTS) is 1. The van der Waals surface area contributed by atoms with Gasteiger partial charge < -0.3 is 14.7 Å². The zero-order valence-electron chi connectivity index (χ0n) is 15.8. The third-order valence-electron chi connectivity index (χ3n) is 5.37. The second-order valence-corrected chi connectivity index (χ2v) is 7.45. The molecule has 1 aromatic heterocycles. The standard InChI is InChI=1S/C21H23N3O4/c1-23-7-5-17(6-8-23)28-18-4-2-3-14(9-18)20(25)19-10-15-12-24(21(26)27)13-16(15)11-22-19/h2-4,9-11,17H,5-8,12-13H2,1H3,(H,26,27). The molecule has 0 unspecified atom stereocenters. The lowest BCUT2D eigenvalue weighted by atomic mass is 10.0. The molecule has 0 aliphatic carbocycles. The van der Waals surface area contributed by atoms with Gasteiger partial charge in [0.1, 0.15) is 17.5 Å². The SMILES string of the molecule is CN1CCC(Oc2cccc(C(=O)c3cc4c(cn3)CN(C(=O)O)C4)c2)CC1. The quantitative estimate of drug-likeness (QED) is 0.820. The summed E-state index contributed by atoms with van der Waals surface area (Å²) in [5, 5.41) is 9.14. The fourth-order valence-electron chi connectivity index (χ4n) is 3.70. The molecule has 0 bridgehead atoms. The van der Waals surface area contributed by atoms with Gasteiger partial charge in [0, 0.05) is 31.4 Å². The summed E-state index contributed by atoms with van der Waals surface area (Å²) in [4.78, 5) is 31.9. The topological polar surface area (TPSA) is 83.0 Å². The Labute approximate surface area is 163 Å². The summed E-state index contributed by atoms with van der Waals surface area (Å²) in [6.07, 6.45) is 2.75. The second kappa shape index (κ2) is 7.59. The van der Waals surface area contributed by atoms with Crippen molar-refractivity contribution in [3.8, 4) is 5.75 Å². The molecule has 4 rings (SSSR count). The predicted octanol–water partition coefficient (Wildman–Crippen LogP) is 2.78. The summed E-state index contributed by atoms with van der Waals surface area (Å²) in [7, 11) is 2.11. The van der Waals surface area contributed by atoms with Crippen molar-refractivity contribution in [3.63, 3.8) is 0 Å². The van der Waals surface area contributed by atoms with Crippen molar-refractivity contribution in [2.24, 2.45) is 0 Å². The Balaban J connectivity index is 1.48. The molecular formula is C21H23N3O4. The Morgan fingerprint density at radius 1 is 1.14 bits per heavy atom. The average molecular weight is 381 g/mol. The monoisotopic (exact) mass is 381 g/mol. The van der Waals surface area contributed by atoms with Crippen molar-refractivity contribution >= 4 is 11.9 Å². The van der Waals surface area contributed by atoms with E-state index in [0.717, 1.165) is 37.1 Å². The number of likely N-dealkylation sites (tertiary alicyclic amines) is 1. The van der Waals surface area contributed by atoms with Gasteiger partial charge in [-0.1, -0.05) is 12.1 Å². The lowest BCUT2D eigenvalue weighted by Gasteiger charge is -2.29. The van der Waals surface area contributed by atoms with Crippen LogP contribution in [-0.2, 0) is 13.1 Å². The van der Waals surface area contributed by atoms with E-state index in [2.05, 4.69) is 16.9 Å². The van der Waals surface area contributed by atoms with Crippen LogP contribution in [0.2, 0.25) is 0 Å². The number of fused-ring (bicyclic) bond motifs is 1. The number of rotatable bonds is 4. The Kier molecular flexibility index (Phi) is 5.00. The molecule has 7 heteroatoms. The number of ether oxygens (including phenoxy) is 1. The number of carbonyl (C=O) groups is 2. The van der Waals surface area contributed by atoms with E-state index in [1.807, 2.05) is 12.1 Å². The molecule has 2 aliphatic heterocycles. The van der Waals surface area contributed by atoms with Crippen molar-refractivity contribution in [3.05, 3.63) is 58.9 Å². The van der Waals surface area contributed by atoms with Crippen LogP contribution in [0.4, 0.5) is 4.79 Å². The number of carbonyl (C=O) groups excluding carboxylic acids is 1. The van der Waals surface area contributed by atoms with Crippen LogP contribution in [0.1, 0.15) is 40.0 Å². The first-order chi connectivity index (χ1) is 13.5. The van der Waals surface area contributed by atoms with Crippen LogP contribution in [0.5, 0.6) is 5.75 Å². The molecular weight excluding hydrogens is 358 g/mol. The van der Waals surface area contributed by atoms with Gasteiger partial charge in [-0.05, 0) is 49.2 Å². The number of aromatic nitrogens is 1. The number of ketones is 1. The number of amides is 1. The van der Waals surface area contributed by atoms with Crippen molar-refractivity contribution in [2.75, 3.05) is 20.1 Å². The first-order valence-corrected chi connectivity index (χ1v) is 9.45. The Hall–Kier alpha value is -2.93. The summed E-state index contributed by atoms with van der Waals surface area (Å²) in [6.45, 7) is 2.62. The summed E-state index contributed by atoms with van der Waals surface area (Å²) in [6, 6.07) is 8.90. The van der Waals surface area contributed by atoms with E-state index in [4.69, 9.17) is 9.84 Å². The van der Waals surface area contributed by atoms with Gasteiger partial charge in [0.15, 0.2) is 0 Å². The molecule has 146 valence electrons. The molecule has 1 saturated heterocycles. The molecule has 0 atom stereocenters. The molecule has 0 saturated carbocycles. The molecule has 7 nitrogen and oxygen atoms in total. The van der Waals surface area contributed by atoms with Crippen molar-refractivity contribution in [1.82, 2.24) is 14.8 Å². The predicted molar refractivity (Wildman–Crippen MR) is 103 cm³/mol. The van der Waals surface area contributed by atoms with Crippen LogP contribution in [0.25, 0.3) is 0 Å². The molecule has 1 fully saturated rings. The van der Waals surface area contributed by atoms with E-state index >= 15 is 0 Å². The highest BCUT2D eigenvalue weighted by Gasteiger charge is 2.25. The van der Waals surface area contributed by atoms with Crippen LogP contribution in [-0.4, -0.2) is 58.0 Å². The molecule has 28 heavy (non-hydrogen) atoms. The maximum Gasteiger partial charge on any atom is 0.407 e. The first kappa shape index (κ1) is 18.4. The molecule has 1 N–H and O–H groups in total. The van der Waals surface area contributed by atoms with Crippen molar-refractivity contribution in [1.29, 1.82) is 0 Å². The van der Waals surface area contributed by atoms with Crippen molar-refractivity contribution in [2.45, 2.75) is 32.0 Å². The Bertz CT molecular complexity index is 906. The number of piperidine rings is 1. The highest BCUT2D eigenvalue weighted by molar-refractivity contribution is 6.08. The zero-order chi connectivity index (χ0) is 19.7. The zero-order valence-corrected chi connectivity index (χ0v) is 15.8. The number of benzene rings is 1.